The third kappa shape index (κ3) is 3.99. The number of carbonyl (C=O) groups is 1. The van der Waals surface area contributed by atoms with Gasteiger partial charge in [-0.3, -0.25) is 4.79 Å². The molecule has 0 bridgehead atoms. The average Bonchev–Trinajstić information content (AvgIpc) is 3.19. The number of carbonyl (C=O) groups excluding carboxylic acids is 1. The summed E-state index contributed by atoms with van der Waals surface area (Å²) < 4.78 is 13.1. The predicted octanol–water partition coefficient (Wildman–Crippen LogP) is 5.17. The van der Waals surface area contributed by atoms with Crippen LogP contribution in [0.25, 0.3) is 10.4 Å². The second-order valence-electron chi connectivity index (χ2n) is 6.43. The Balaban J connectivity index is 1.41. The normalized spacial score (nSPS) is 14.4. The minimum atomic E-state index is -0.234. The van der Waals surface area contributed by atoms with Gasteiger partial charge in [0, 0.05) is 41.8 Å². The zero-order valence-corrected chi connectivity index (χ0v) is 16.1. The maximum Gasteiger partial charge on any atom is 0.264 e. The van der Waals surface area contributed by atoms with Crippen LogP contribution >= 0.6 is 22.9 Å². The highest BCUT2D eigenvalue weighted by molar-refractivity contribution is 7.17. The highest BCUT2D eigenvalue weighted by Gasteiger charge is 2.23. The number of piperazine rings is 1. The lowest BCUT2D eigenvalue weighted by molar-refractivity contribution is 0.0751. The van der Waals surface area contributed by atoms with Gasteiger partial charge in [0.2, 0.25) is 0 Å². The Labute approximate surface area is 166 Å². The van der Waals surface area contributed by atoms with Crippen LogP contribution in [0.4, 0.5) is 10.1 Å². The van der Waals surface area contributed by atoms with E-state index in [1.54, 1.807) is 12.1 Å². The first-order valence-corrected chi connectivity index (χ1v) is 9.95. The van der Waals surface area contributed by atoms with Gasteiger partial charge in [-0.25, -0.2) is 4.39 Å². The number of anilines is 1. The van der Waals surface area contributed by atoms with Crippen molar-refractivity contribution in [3.05, 3.63) is 76.4 Å². The summed E-state index contributed by atoms with van der Waals surface area (Å²) in [7, 11) is 0. The topological polar surface area (TPSA) is 23.6 Å². The van der Waals surface area contributed by atoms with E-state index in [9.17, 15) is 9.18 Å². The van der Waals surface area contributed by atoms with Crippen molar-refractivity contribution in [2.45, 2.75) is 0 Å². The maximum atomic E-state index is 13.1. The number of halogens is 2. The van der Waals surface area contributed by atoms with Crippen LogP contribution in [0.15, 0.2) is 60.7 Å². The van der Waals surface area contributed by atoms with Crippen molar-refractivity contribution in [2.75, 3.05) is 31.1 Å². The molecule has 0 atom stereocenters. The minimum Gasteiger partial charge on any atom is -0.368 e. The molecule has 0 spiro atoms. The van der Waals surface area contributed by atoms with E-state index in [1.165, 1.54) is 23.5 Å². The van der Waals surface area contributed by atoms with Crippen molar-refractivity contribution in [3.63, 3.8) is 0 Å². The van der Waals surface area contributed by atoms with Crippen molar-refractivity contribution in [3.8, 4) is 10.4 Å². The van der Waals surface area contributed by atoms with Crippen LogP contribution in [-0.4, -0.2) is 37.0 Å². The molecule has 1 amide bonds. The number of benzene rings is 2. The zero-order valence-electron chi connectivity index (χ0n) is 14.6. The predicted molar refractivity (Wildman–Crippen MR) is 109 cm³/mol. The van der Waals surface area contributed by atoms with Crippen LogP contribution in [0.1, 0.15) is 9.67 Å². The summed E-state index contributed by atoms with van der Waals surface area (Å²) >= 11 is 7.44. The van der Waals surface area contributed by atoms with E-state index in [0.717, 1.165) is 34.1 Å². The quantitative estimate of drug-likeness (QED) is 0.605. The summed E-state index contributed by atoms with van der Waals surface area (Å²) in [5.41, 5.74) is 2.05. The summed E-state index contributed by atoms with van der Waals surface area (Å²) in [6.07, 6.45) is 0. The van der Waals surface area contributed by atoms with Crippen molar-refractivity contribution >= 4 is 34.5 Å². The molecule has 1 saturated heterocycles. The molecule has 1 aliphatic rings. The van der Waals surface area contributed by atoms with Gasteiger partial charge in [0.25, 0.3) is 5.91 Å². The molecule has 1 fully saturated rings. The molecule has 138 valence electrons. The molecule has 3 aromatic rings. The molecular weight excluding hydrogens is 383 g/mol. The van der Waals surface area contributed by atoms with Gasteiger partial charge in [-0.1, -0.05) is 23.7 Å². The molecule has 2 heterocycles. The first-order chi connectivity index (χ1) is 13.1. The fourth-order valence-corrected chi connectivity index (χ4v) is 4.30. The Kier molecular flexibility index (Phi) is 5.14. The number of thiophene rings is 1. The summed E-state index contributed by atoms with van der Waals surface area (Å²) in [5.74, 6) is -0.166. The van der Waals surface area contributed by atoms with E-state index >= 15 is 0 Å². The van der Waals surface area contributed by atoms with E-state index in [-0.39, 0.29) is 11.7 Å². The van der Waals surface area contributed by atoms with Crippen LogP contribution in [0, 0.1) is 5.82 Å². The molecule has 6 heteroatoms. The molecule has 0 N–H and O–H groups in total. The van der Waals surface area contributed by atoms with Crippen LogP contribution in [0.5, 0.6) is 0 Å². The number of nitrogens with zero attached hydrogens (tertiary/aromatic N) is 2. The Morgan fingerprint density at radius 3 is 2.22 bits per heavy atom. The number of hydrogen-bond acceptors (Lipinski definition) is 3. The van der Waals surface area contributed by atoms with Crippen LogP contribution in [0.3, 0.4) is 0 Å². The Bertz CT molecular complexity index is 932. The highest BCUT2D eigenvalue weighted by Crippen LogP contribution is 2.30. The first kappa shape index (κ1) is 18.0. The third-order valence-electron chi connectivity index (χ3n) is 4.70. The molecule has 1 aromatic heterocycles. The van der Waals surface area contributed by atoms with Crippen molar-refractivity contribution < 1.29 is 9.18 Å². The monoisotopic (exact) mass is 400 g/mol. The molecule has 0 saturated carbocycles. The lowest BCUT2D eigenvalue weighted by Crippen LogP contribution is -2.48. The standard InChI is InChI=1S/C21H18ClFN2OS/c22-16-3-1-15(2-4-16)19-9-10-20(27-19)21(26)25-13-11-24(12-14-25)18-7-5-17(23)6-8-18/h1-10H,11-14H2. The molecule has 1 aliphatic heterocycles. The Morgan fingerprint density at radius 1 is 0.889 bits per heavy atom. The molecule has 3 nitrogen and oxygen atoms in total. The molecule has 2 aromatic carbocycles. The molecular formula is C21H18ClFN2OS. The van der Waals surface area contributed by atoms with E-state index in [1.807, 2.05) is 41.3 Å². The van der Waals surface area contributed by atoms with Gasteiger partial charge in [0.05, 0.1) is 4.88 Å². The number of amides is 1. The molecule has 0 radical (unpaired) electrons. The summed E-state index contributed by atoms with van der Waals surface area (Å²) in [5, 5.41) is 0.700. The summed E-state index contributed by atoms with van der Waals surface area (Å²) in [6, 6.07) is 18.0. The third-order valence-corrected chi connectivity index (χ3v) is 6.08. The van der Waals surface area contributed by atoms with Gasteiger partial charge in [0.15, 0.2) is 0 Å². The molecule has 0 aliphatic carbocycles. The second kappa shape index (κ2) is 7.71. The maximum absolute atomic E-state index is 13.1. The van der Waals surface area contributed by atoms with E-state index in [0.29, 0.717) is 18.1 Å². The van der Waals surface area contributed by atoms with Gasteiger partial charge in [-0.15, -0.1) is 11.3 Å². The van der Waals surface area contributed by atoms with Crippen LogP contribution in [0.2, 0.25) is 5.02 Å². The van der Waals surface area contributed by atoms with Crippen LogP contribution in [-0.2, 0) is 0 Å². The van der Waals surface area contributed by atoms with Gasteiger partial charge < -0.3 is 9.80 Å². The van der Waals surface area contributed by atoms with Crippen molar-refractivity contribution in [1.29, 1.82) is 0 Å². The lowest BCUT2D eigenvalue weighted by atomic mass is 10.2. The SMILES string of the molecule is O=C(c1ccc(-c2ccc(Cl)cc2)s1)N1CCN(c2ccc(F)cc2)CC1. The average molecular weight is 401 g/mol. The van der Waals surface area contributed by atoms with Crippen molar-refractivity contribution in [2.24, 2.45) is 0 Å². The fraction of sp³-hybridized carbons (Fsp3) is 0.190. The summed E-state index contributed by atoms with van der Waals surface area (Å²) in [6.45, 7) is 2.80. The van der Waals surface area contributed by atoms with Crippen LogP contribution < -0.4 is 4.90 Å². The fourth-order valence-electron chi connectivity index (χ4n) is 3.20. The molecule has 0 unspecified atom stereocenters. The second-order valence-corrected chi connectivity index (χ2v) is 7.95. The van der Waals surface area contributed by atoms with Gasteiger partial charge in [-0.2, -0.15) is 0 Å². The summed E-state index contributed by atoms with van der Waals surface area (Å²) in [4.78, 5) is 18.7. The minimum absolute atomic E-state index is 0.0685. The lowest BCUT2D eigenvalue weighted by Gasteiger charge is -2.36. The largest absolute Gasteiger partial charge is 0.368 e. The smallest absolute Gasteiger partial charge is 0.264 e. The van der Waals surface area contributed by atoms with Crippen molar-refractivity contribution in [1.82, 2.24) is 4.90 Å². The van der Waals surface area contributed by atoms with E-state index < -0.39 is 0 Å². The van der Waals surface area contributed by atoms with Gasteiger partial charge >= 0.3 is 0 Å². The number of rotatable bonds is 3. The zero-order chi connectivity index (χ0) is 18.8. The molecule has 27 heavy (non-hydrogen) atoms. The number of hydrogen-bond donors (Lipinski definition) is 0. The molecule has 4 rings (SSSR count). The van der Waals surface area contributed by atoms with Gasteiger partial charge in [0.1, 0.15) is 5.82 Å². The highest BCUT2D eigenvalue weighted by atomic mass is 35.5. The van der Waals surface area contributed by atoms with E-state index in [2.05, 4.69) is 4.90 Å². The van der Waals surface area contributed by atoms with Gasteiger partial charge in [-0.05, 0) is 54.1 Å². The Morgan fingerprint density at radius 2 is 1.56 bits per heavy atom. The van der Waals surface area contributed by atoms with E-state index in [4.69, 9.17) is 11.6 Å². The Hall–Kier alpha value is -2.37. The first-order valence-electron chi connectivity index (χ1n) is 8.76.